The highest BCUT2D eigenvalue weighted by atomic mass is 16.6. The molecule has 0 aromatic heterocycles. The van der Waals surface area contributed by atoms with Crippen LogP contribution in [-0.4, -0.2) is 54.0 Å². The lowest BCUT2D eigenvalue weighted by atomic mass is 9.55. The molecule has 1 heterocycles. The number of likely N-dealkylation sites (tertiary alicyclic amines) is 1. The van der Waals surface area contributed by atoms with Crippen molar-refractivity contribution in [2.45, 2.75) is 69.4 Å². The van der Waals surface area contributed by atoms with Crippen molar-refractivity contribution >= 4 is 17.8 Å². The molecule has 7 nitrogen and oxygen atoms in total. The van der Waals surface area contributed by atoms with Crippen LogP contribution < -0.4 is 10.1 Å². The van der Waals surface area contributed by atoms with Crippen LogP contribution in [0.4, 0.5) is 0 Å². The van der Waals surface area contributed by atoms with Gasteiger partial charge in [-0.1, -0.05) is 30.3 Å². The van der Waals surface area contributed by atoms with Crippen LogP contribution in [0.2, 0.25) is 0 Å². The summed E-state index contributed by atoms with van der Waals surface area (Å²) in [5.41, 5.74) is 0.359. The summed E-state index contributed by atoms with van der Waals surface area (Å²) in [7, 11) is 0. The first kappa shape index (κ1) is 25.5. The smallest absolute Gasteiger partial charge is 0.308 e. The topological polar surface area (TPSA) is 84.9 Å². The lowest BCUT2D eigenvalue weighted by Crippen LogP contribution is -2.68. The molecule has 2 unspecified atom stereocenters. The number of amides is 1. The number of benzene rings is 2. The molecule has 3 atom stereocenters. The molecule has 0 radical (unpaired) electrons. The van der Waals surface area contributed by atoms with E-state index in [2.05, 4.69) is 10.2 Å². The van der Waals surface area contributed by atoms with Crippen LogP contribution in [0.5, 0.6) is 5.75 Å². The fourth-order valence-corrected chi connectivity index (χ4v) is 6.51. The van der Waals surface area contributed by atoms with Crippen molar-refractivity contribution in [2.75, 3.05) is 19.6 Å². The predicted octanol–water partition coefficient (Wildman–Crippen LogP) is 4.25. The minimum atomic E-state index is -0.727. The largest absolute Gasteiger partial charge is 0.457 e. The lowest BCUT2D eigenvalue weighted by molar-refractivity contribution is -0.186. The minimum Gasteiger partial charge on any atom is -0.457 e. The zero-order valence-electron chi connectivity index (χ0n) is 21.7. The number of hydrogen-bond donors (Lipinski definition) is 1. The van der Waals surface area contributed by atoms with Gasteiger partial charge in [-0.15, -0.1) is 0 Å². The van der Waals surface area contributed by atoms with E-state index in [-0.39, 0.29) is 23.9 Å². The quantitative estimate of drug-likeness (QED) is 0.448. The van der Waals surface area contributed by atoms with E-state index in [1.807, 2.05) is 48.5 Å². The molecule has 0 spiro atoms. The molecule has 3 fully saturated rings. The first-order valence-electron chi connectivity index (χ1n) is 13.4. The second kappa shape index (κ2) is 10.3. The molecule has 1 saturated heterocycles. The number of hydrogen-bond acceptors (Lipinski definition) is 6. The van der Waals surface area contributed by atoms with Crippen LogP contribution in [0, 0.1) is 5.92 Å². The number of rotatable bonds is 7. The molecular formula is C30H36N2O5. The molecule has 2 saturated carbocycles. The Kier molecular flexibility index (Phi) is 7.08. The van der Waals surface area contributed by atoms with Gasteiger partial charge >= 0.3 is 11.9 Å². The van der Waals surface area contributed by atoms with E-state index in [1.54, 1.807) is 6.07 Å². The zero-order valence-corrected chi connectivity index (χ0v) is 21.7. The molecule has 1 N–H and O–H groups in total. The van der Waals surface area contributed by atoms with Gasteiger partial charge in [-0.25, -0.2) is 0 Å². The first-order chi connectivity index (χ1) is 17.8. The van der Waals surface area contributed by atoms with Gasteiger partial charge in [-0.2, -0.15) is 0 Å². The molecule has 1 aliphatic heterocycles. The maximum atomic E-state index is 13.1. The van der Waals surface area contributed by atoms with Gasteiger partial charge in [-0.05, 0) is 80.8 Å². The van der Waals surface area contributed by atoms with Gasteiger partial charge < -0.3 is 14.8 Å². The Morgan fingerprint density at radius 1 is 0.973 bits per heavy atom. The second-order valence-electron chi connectivity index (χ2n) is 11.0. The number of nitrogens with zero attached hydrogens (tertiary/aromatic N) is 1. The van der Waals surface area contributed by atoms with Crippen LogP contribution in [0.1, 0.15) is 68.3 Å². The molecule has 2 aliphatic carbocycles. The molecule has 3 aliphatic rings. The van der Waals surface area contributed by atoms with Gasteiger partial charge in [0.05, 0.1) is 0 Å². The highest BCUT2D eigenvalue weighted by Crippen LogP contribution is 2.54. The molecule has 1 amide bonds. The summed E-state index contributed by atoms with van der Waals surface area (Å²) in [6, 6.07) is 16.8. The number of piperidine rings is 1. The monoisotopic (exact) mass is 504 g/mol. The van der Waals surface area contributed by atoms with Crippen molar-refractivity contribution in [1.82, 2.24) is 10.2 Å². The summed E-state index contributed by atoms with van der Waals surface area (Å²) >= 11 is 0. The van der Waals surface area contributed by atoms with Gasteiger partial charge in [0.2, 0.25) is 0 Å². The van der Waals surface area contributed by atoms with E-state index < -0.39 is 11.0 Å². The molecule has 37 heavy (non-hydrogen) atoms. The lowest BCUT2D eigenvalue weighted by Gasteiger charge is -2.59. The number of esters is 2. The van der Waals surface area contributed by atoms with Crippen molar-refractivity contribution in [3.8, 4) is 5.75 Å². The molecule has 7 heteroatoms. The third-order valence-electron chi connectivity index (χ3n) is 8.27. The molecule has 196 valence electrons. The van der Waals surface area contributed by atoms with Crippen molar-refractivity contribution < 1.29 is 23.9 Å². The van der Waals surface area contributed by atoms with Gasteiger partial charge in [0.15, 0.2) is 0 Å². The van der Waals surface area contributed by atoms with Crippen LogP contribution in [0.25, 0.3) is 0 Å². The summed E-state index contributed by atoms with van der Waals surface area (Å²) in [5, 5.41) is 3.26. The number of fused-ring (bicyclic) bond motifs is 1. The maximum absolute atomic E-state index is 13.1. The average Bonchev–Trinajstić information content (AvgIpc) is 3.68. The number of carbonyl (C=O) groups is 3. The minimum absolute atomic E-state index is 0.0799. The third kappa shape index (κ3) is 5.42. The van der Waals surface area contributed by atoms with Crippen LogP contribution in [0.15, 0.2) is 54.6 Å². The molecule has 2 aromatic carbocycles. The van der Waals surface area contributed by atoms with E-state index in [0.29, 0.717) is 37.1 Å². The molecular weight excluding hydrogens is 468 g/mol. The molecule has 5 rings (SSSR count). The Hall–Kier alpha value is -3.19. The number of nitrogens with one attached hydrogen (secondary N) is 1. The van der Waals surface area contributed by atoms with Crippen LogP contribution in [0.3, 0.4) is 0 Å². The van der Waals surface area contributed by atoms with Crippen LogP contribution in [-0.2, 0) is 19.7 Å². The summed E-state index contributed by atoms with van der Waals surface area (Å²) in [6.45, 7) is 5.45. The normalized spacial score (nSPS) is 27.6. The van der Waals surface area contributed by atoms with Gasteiger partial charge in [0, 0.05) is 44.0 Å². The second-order valence-corrected chi connectivity index (χ2v) is 11.0. The highest BCUT2D eigenvalue weighted by molar-refractivity contribution is 5.94. The predicted molar refractivity (Wildman–Crippen MR) is 139 cm³/mol. The Morgan fingerprint density at radius 2 is 1.76 bits per heavy atom. The van der Waals surface area contributed by atoms with Gasteiger partial charge in [0.1, 0.15) is 11.4 Å². The summed E-state index contributed by atoms with van der Waals surface area (Å²) in [5.74, 6) is 0.445. The summed E-state index contributed by atoms with van der Waals surface area (Å²) in [4.78, 5) is 39.8. The fraction of sp³-hybridized carbons (Fsp3) is 0.500. The van der Waals surface area contributed by atoms with Gasteiger partial charge in [-0.3, -0.25) is 19.3 Å². The standard InChI is InChI=1S/C30H36N2O5/c1-21(33)36-27-10-6-9-25(17-27)29-15-16-32(19-23-11-12-23)20-30(29,37-22(2)34)14-13-26(18-29)31-28(35)24-7-4-3-5-8-24/h3-10,17,23,26H,11-16,18-20H2,1-2H3,(H,31,35)/t26-,29?,30?/m1/s1. The summed E-state index contributed by atoms with van der Waals surface area (Å²) < 4.78 is 11.8. The van der Waals surface area contributed by atoms with E-state index in [1.165, 1.54) is 26.7 Å². The summed E-state index contributed by atoms with van der Waals surface area (Å²) in [6.07, 6.45) is 5.31. The zero-order chi connectivity index (χ0) is 26.0. The van der Waals surface area contributed by atoms with E-state index >= 15 is 0 Å². The van der Waals surface area contributed by atoms with E-state index in [4.69, 9.17) is 9.47 Å². The SMILES string of the molecule is CC(=O)Oc1cccc(C23CCN(CC4CC4)CC2(OC(C)=O)CC[C@@H](NC(=O)c2ccccc2)C3)c1. The molecule has 2 aromatic rings. The number of ether oxygens (including phenoxy) is 2. The Bertz CT molecular complexity index is 1160. The maximum Gasteiger partial charge on any atom is 0.308 e. The highest BCUT2D eigenvalue weighted by Gasteiger charge is 2.61. The van der Waals surface area contributed by atoms with Gasteiger partial charge in [0.25, 0.3) is 5.91 Å². The molecule has 0 bridgehead atoms. The van der Waals surface area contributed by atoms with Crippen molar-refractivity contribution in [1.29, 1.82) is 0 Å². The van der Waals surface area contributed by atoms with Crippen molar-refractivity contribution in [2.24, 2.45) is 5.92 Å². The average molecular weight is 505 g/mol. The van der Waals surface area contributed by atoms with Crippen molar-refractivity contribution in [3.05, 3.63) is 65.7 Å². The van der Waals surface area contributed by atoms with E-state index in [0.717, 1.165) is 31.0 Å². The third-order valence-corrected chi connectivity index (χ3v) is 8.27. The Morgan fingerprint density at radius 3 is 2.46 bits per heavy atom. The Labute approximate surface area is 218 Å². The Balaban J connectivity index is 1.51. The fourth-order valence-electron chi connectivity index (χ4n) is 6.51. The van der Waals surface area contributed by atoms with Crippen LogP contribution >= 0.6 is 0 Å². The first-order valence-corrected chi connectivity index (χ1v) is 13.4. The van der Waals surface area contributed by atoms with Crippen molar-refractivity contribution in [3.63, 3.8) is 0 Å². The number of carbonyl (C=O) groups excluding carboxylic acids is 3. The van der Waals surface area contributed by atoms with E-state index in [9.17, 15) is 14.4 Å².